The Labute approximate surface area is 123 Å². The molecule has 3 rings (SSSR count). The van der Waals surface area contributed by atoms with Gasteiger partial charge in [-0.05, 0) is 48.2 Å². The summed E-state index contributed by atoms with van der Waals surface area (Å²) in [6.07, 6.45) is 0.884. The molecule has 2 atom stereocenters. The van der Waals surface area contributed by atoms with Crippen LogP contribution in [0, 0.1) is 5.92 Å². The van der Waals surface area contributed by atoms with Crippen molar-refractivity contribution in [3.05, 3.63) is 64.7 Å². The molecule has 102 valence electrons. The Morgan fingerprint density at radius 2 is 1.85 bits per heavy atom. The van der Waals surface area contributed by atoms with E-state index in [-0.39, 0.29) is 17.6 Å². The van der Waals surface area contributed by atoms with Crippen LogP contribution in [0.5, 0.6) is 5.75 Å². The Balaban J connectivity index is 1.75. The standard InChI is InChI=1S/C17H15ClO2/c1-20-12-8-6-11(7-9-12)17(19)15-10-14(15)13-4-2-3-5-16(13)18/h2-9,14-15H,10H2,1H3. The molecule has 0 radical (unpaired) electrons. The summed E-state index contributed by atoms with van der Waals surface area (Å²) in [5.74, 6) is 1.28. The number of halogens is 1. The minimum Gasteiger partial charge on any atom is -0.497 e. The molecule has 1 saturated carbocycles. The summed E-state index contributed by atoms with van der Waals surface area (Å²) in [7, 11) is 1.62. The van der Waals surface area contributed by atoms with E-state index in [0.717, 1.165) is 28.3 Å². The van der Waals surface area contributed by atoms with Crippen LogP contribution in [0.1, 0.15) is 28.3 Å². The summed E-state index contributed by atoms with van der Waals surface area (Å²) in [4.78, 5) is 12.4. The second-order valence-electron chi connectivity index (χ2n) is 5.06. The van der Waals surface area contributed by atoms with E-state index in [9.17, 15) is 4.79 Å². The van der Waals surface area contributed by atoms with Crippen LogP contribution in [0.4, 0.5) is 0 Å². The number of benzene rings is 2. The first kappa shape index (κ1) is 13.2. The first-order chi connectivity index (χ1) is 9.70. The summed E-state index contributed by atoms with van der Waals surface area (Å²) in [5, 5.41) is 0.752. The molecule has 1 aliphatic rings. The first-order valence-corrected chi connectivity index (χ1v) is 7.01. The van der Waals surface area contributed by atoms with E-state index in [2.05, 4.69) is 0 Å². The van der Waals surface area contributed by atoms with Crippen LogP contribution in [0.15, 0.2) is 48.5 Å². The Morgan fingerprint density at radius 1 is 1.15 bits per heavy atom. The van der Waals surface area contributed by atoms with Crippen LogP contribution in [0.3, 0.4) is 0 Å². The van der Waals surface area contributed by atoms with Crippen molar-refractivity contribution < 1.29 is 9.53 Å². The van der Waals surface area contributed by atoms with Gasteiger partial charge >= 0.3 is 0 Å². The quantitative estimate of drug-likeness (QED) is 0.782. The van der Waals surface area contributed by atoms with Gasteiger partial charge in [0.15, 0.2) is 5.78 Å². The molecule has 0 aromatic heterocycles. The lowest BCUT2D eigenvalue weighted by Gasteiger charge is -2.04. The van der Waals surface area contributed by atoms with E-state index in [4.69, 9.17) is 16.3 Å². The highest BCUT2D eigenvalue weighted by Crippen LogP contribution is 2.51. The van der Waals surface area contributed by atoms with Gasteiger partial charge in [0.05, 0.1) is 7.11 Å². The van der Waals surface area contributed by atoms with Gasteiger partial charge in [-0.1, -0.05) is 29.8 Å². The lowest BCUT2D eigenvalue weighted by atomic mass is 10.0. The Kier molecular flexibility index (Phi) is 3.49. The lowest BCUT2D eigenvalue weighted by molar-refractivity contribution is 0.0965. The molecule has 2 aromatic rings. The minimum absolute atomic E-state index is 0.0586. The predicted molar refractivity (Wildman–Crippen MR) is 79.6 cm³/mol. The maximum atomic E-state index is 12.4. The average molecular weight is 287 g/mol. The fraction of sp³-hybridized carbons (Fsp3) is 0.235. The van der Waals surface area contributed by atoms with Crippen LogP contribution in [0.2, 0.25) is 5.02 Å². The normalized spacial score (nSPS) is 20.5. The van der Waals surface area contributed by atoms with Gasteiger partial charge in [-0.25, -0.2) is 0 Å². The number of hydrogen-bond donors (Lipinski definition) is 0. The van der Waals surface area contributed by atoms with Crippen LogP contribution in [-0.4, -0.2) is 12.9 Å². The SMILES string of the molecule is COc1ccc(C(=O)C2CC2c2ccccc2Cl)cc1. The third-order valence-corrected chi connectivity index (χ3v) is 4.15. The van der Waals surface area contributed by atoms with E-state index in [1.54, 1.807) is 7.11 Å². The van der Waals surface area contributed by atoms with Crippen LogP contribution < -0.4 is 4.74 Å². The molecular weight excluding hydrogens is 272 g/mol. The maximum absolute atomic E-state index is 12.4. The van der Waals surface area contributed by atoms with Crippen molar-refractivity contribution in [2.75, 3.05) is 7.11 Å². The van der Waals surface area contributed by atoms with Crippen molar-refractivity contribution in [3.63, 3.8) is 0 Å². The summed E-state index contributed by atoms with van der Waals surface area (Å²) in [5.41, 5.74) is 1.83. The first-order valence-electron chi connectivity index (χ1n) is 6.63. The number of rotatable bonds is 4. The maximum Gasteiger partial charge on any atom is 0.166 e. The molecular formula is C17H15ClO2. The molecule has 20 heavy (non-hydrogen) atoms. The number of ketones is 1. The fourth-order valence-electron chi connectivity index (χ4n) is 2.57. The van der Waals surface area contributed by atoms with Crippen LogP contribution in [-0.2, 0) is 0 Å². The van der Waals surface area contributed by atoms with E-state index in [1.165, 1.54) is 0 Å². The van der Waals surface area contributed by atoms with Gasteiger partial charge in [0.25, 0.3) is 0 Å². The van der Waals surface area contributed by atoms with Gasteiger partial charge < -0.3 is 4.74 Å². The zero-order valence-corrected chi connectivity index (χ0v) is 11.9. The van der Waals surface area contributed by atoms with E-state index in [1.807, 2.05) is 48.5 Å². The van der Waals surface area contributed by atoms with Gasteiger partial charge in [-0.2, -0.15) is 0 Å². The van der Waals surface area contributed by atoms with Crippen molar-refractivity contribution in [3.8, 4) is 5.75 Å². The molecule has 0 saturated heterocycles. The number of carbonyl (C=O) groups excluding carboxylic acids is 1. The lowest BCUT2D eigenvalue weighted by Crippen LogP contribution is -2.03. The highest BCUT2D eigenvalue weighted by Gasteiger charge is 2.44. The summed E-state index contributed by atoms with van der Waals surface area (Å²) in [6, 6.07) is 15.0. The third-order valence-electron chi connectivity index (χ3n) is 3.81. The van der Waals surface area contributed by atoms with Crippen LogP contribution in [0.25, 0.3) is 0 Å². The predicted octanol–water partition coefficient (Wildman–Crippen LogP) is 4.34. The Hall–Kier alpha value is -1.80. The molecule has 0 spiro atoms. The number of Topliss-reactive ketones (excluding diaryl/α,β-unsaturated/α-hetero) is 1. The van der Waals surface area contributed by atoms with Gasteiger partial charge in [0.2, 0.25) is 0 Å². The zero-order valence-electron chi connectivity index (χ0n) is 11.2. The van der Waals surface area contributed by atoms with Gasteiger partial charge in [-0.3, -0.25) is 4.79 Å². The fourth-order valence-corrected chi connectivity index (χ4v) is 2.85. The topological polar surface area (TPSA) is 26.3 Å². The Morgan fingerprint density at radius 3 is 2.50 bits per heavy atom. The van der Waals surface area contributed by atoms with Crippen molar-refractivity contribution in [2.45, 2.75) is 12.3 Å². The highest BCUT2D eigenvalue weighted by atomic mass is 35.5. The summed E-state index contributed by atoms with van der Waals surface area (Å²) < 4.78 is 5.10. The van der Waals surface area contributed by atoms with Gasteiger partial charge in [0.1, 0.15) is 5.75 Å². The van der Waals surface area contributed by atoms with Crippen molar-refractivity contribution in [2.24, 2.45) is 5.92 Å². The second kappa shape index (κ2) is 5.29. The van der Waals surface area contributed by atoms with Crippen LogP contribution >= 0.6 is 11.6 Å². The minimum atomic E-state index is 0.0586. The molecule has 2 nitrogen and oxygen atoms in total. The third kappa shape index (κ3) is 2.44. The average Bonchev–Trinajstić information content (AvgIpc) is 3.27. The highest BCUT2D eigenvalue weighted by molar-refractivity contribution is 6.31. The van der Waals surface area contributed by atoms with E-state index >= 15 is 0 Å². The molecule has 1 aliphatic carbocycles. The van der Waals surface area contributed by atoms with Gasteiger partial charge in [0, 0.05) is 16.5 Å². The summed E-state index contributed by atoms with van der Waals surface area (Å²) >= 11 is 6.19. The summed E-state index contributed by atoms with van der Waals surface area (Å²) in [6.45, 7) is 0. The molecule has 0 aliphatic heterocycles. The Bertz CT molecular complexity index is 634. The number of hydrogen-bond acceptors (Lipinski definition) is 2. The number of ether oxygens (including phenoxy) is 1. The second-order valence-corrected chi connectivity index (χ2v) is 5.47. The van der Waals surface area contributed by atoms with E-state index < -0.39 is 0 Å². The molecule has 1 fully saturated rings. The molecule has 0 N–H and O–H groups in total. The number of methoxy groups -OCH3 is 1. The van der Waals surface area contributed by atoms with Gasteiger partial charge in [-0.15, -0.1) is 0 Å². The van der Waals surface area contributed by atoms with Crippen molar-refractivity contribution in [1.82, 2.24) is 0 Å². The molecule has 2 aromatic carbocycles. The largest absolute Gasteiger partial charge is 0.497 e. The number of carbonyl (C=O) groups is 1. The van der Waals surface area contributed by atoms with Crippen molar-refractivity contribution in [1.29, 1.82) is 0 Å². The molecule has 0 heterocycles. The molecule has 2 unspecified atom stereocenters. The molecule has 3 heteroatoms. The van der Waals surface area contributed by atoms with E-state index in [0.29, 0.717) is 0 Å². The smallest absolute Gasteiger partial charge is 0.166 e. The molecule has 0 bridgehead atoms. The molecule has 0 amide bonds. The monoisotopic (exact) mass is 286 g/mol. The van der Waals surface area contributed by atoms with Crippen molar-refractivity contribution >= 4 is 17.4 Å². The zero-order chi connectivity index (χ0) is 14.1.